The fraction of sp³-hybridized carbons (Fsp3) is 0.538. The van der Waals surface area contributed by atoms with Gasteiger partial charge in [-0.25, -0.2) is 8.42 Å². The van der Waals surface area contributed by atoms with Gasteiger partial charge in [0.15, 0.2) is 0 Å². The van der Waals surface area contributed by atoms with Crippen molar-refractivity contribution in [2.24, 2.45) is 0 Å². The Balaban J connectivity index is 1.92. The maximum absolute atomic E-state index is 11.2. The normalized spacial score (nSPS) is 23.3. The molecule has 2 N–H and O–H groups in total. The molecule has 5 nitrogen and oxygen atoms in total. The van der Waals surface area contributed by atoms with Crippen molar-refractivity contribution in [3.8, 4) is 0 Å². The van der Waals surface area contributed by atoms with Crippen LogP contribution in [-0.2, 0) is 14.8 Å². The largest absolute Gasteiger partial charge is 0.382 e. The van der Waals surface area contributed by atoms with Crippen LogP contribution in [0.3, 0.4) is 0 Å². The van der Waals surface area contributed by atoms with E-state index in [-0.39, 0.29) is 6.10 Å². The predicted octanol–water partition coefficient (Wildman–Crippen LogP) is 2.04. The summed E-state index contributed by atoms with van der Waals surface area (Å²) in [7, 11) is -3.23. The third-order valence-electron chi connectivity index (χ3n) is 3.02. The molecule has 1 saturated heterocycles. The lowest BCUT2D eigenvalue weighted by atomic mass is 10.2. The number of ether oxygens (including phenoxy) is 1. The summed E-state index contributed by atoms with van der Waals surface area (Å²) in [6.45, 7) is 2.82. The minimum absolute atomic E-state index is 0.238. The van der Waals surface area contributed by atoms with Crippen molar-refractivity contribution in [2.45, 2.75) is 32.0 Å². The fourth-order valence-electron chi connectivity index (χ4n) is 2.17. The summed E-state index contributed by atoms with van der Waals surface area (Å²) < 4.78 is 30.5. The third-order valence-corrected chi connectivity index (χ3v) is 3.63. The smallest absolute Gasteiger partial charge is 0.229 e. The summed E-state index contributed by atoms with van der Waals surface area (Å²) in [5, 5.41) is 3.27. The molecule has 1 aliphatic rings. The zero-order valence-corrected chi connectivity index (χ0v) is 12.0. The number of hydrogen-bond donors (Lipinski definition) is 2. The van der Waals surface area contributed by atoms with E-state index in [0.717, 1.165) is 31.3 Å². The minimum atomic E-state index is -3.23. The molecule has 1 fully saturated rings. The lowest BCUT2D eigenvalue weighted by Gasteiger charge is -2.14. The topological polar surface area (TPSA) is 67.4 Å². The van der Waals surface area contributed by atoms with E-state index in [1.165, 1.54) is 0 Å². The zero-order chi connectivity index (χ0) is 13.9. The van der Waals surface area contributed by atoms with E-state index < -0.39 is 10.0 Å². The van der Waals surface area contributed by atoms with Crippen molar-refractivity contribution >= 4 is 21.4 Å². The van der Waals surface area contributed by atoms with Crippen LogP contribution in [0.2, 0.25) is 0 Å². The highest BCUT2D eigenvalue weighted by atomic mass is 32.2. The van der Waals surface area contributed by atoms with Crippen LogP contribution in [0.15, 0.2) is 24.3 Å². The van der Waals surface area contributed by atoms with Gasteiger partial charge in [-0.05, 0) is 38.0 Å². The number of anilines is 2. The molecule has 6 heteroatoms. The molecule has 0 radical (unpaired) electrons. The monoisotopic (exact) mass is 284 g/mol. The van der Waals surface area contributed by atoms with E-state index in [9.17, 15) is 8.42 Å². The van der Waals surface area contributed by atoms with Gasteiger partial charge in [0.1, 0.15) is 0 Å². The van der Waals surface area contributed by atoms with Gasteiger partial charge in [0.05, 0.1) is 24.2 Å². The maximum Gasteiger partial charge on any atom is 0.229 e. The average Bonchev–Trinajstić information content (AvgIpc) is 2.71. The van der Waals surface area contributed by atoms with Crippen LogP contribution < -0.4 is 10.0 Å². The van der Waals surface area contributed by atoms with Crippen molar-refractivity contribution in [2.75, 3.05) is 22.8 Å². The van der Waals surface area contributed by atoms with E-state index >= 15 is 0 Å². The molecule has 19 heavy (non-hydrogen) atoms. The van der Waals surface area contributed by atoms with Gasteiger partial charge in [0.25, 0.3) is 0 Å². The molecule has 1 aromatic carbocycles. The fourth-order valence-corrected chi connectivity index (χ4v) is 2.73. The summed E-state index contributed by atoms with van der Waals surface area (Å²) in [5.74, 6) is 0. The Kier molecular flexibility index (Phi) is 4.31. The Hall–Kier alpha value is -1.27. The molecular weight excluding hydrogens is 264 g/mol. The van der Waals surface area contributed by atoms with Crippen molar-refractivity contribution < 1.29 is 13.2 Å². The van der Waals surface area contributed by atoms with Crippen LogP contribution in [0.1, 0.15) is 19.8 Å². The second-order valence-corrected chi connectivity index (χ2v) is 6.73. The van der Waals surface area contributed by atoms with Gasteiger partial charge in [-0.1, -0.05) is 6.07 Å². The van der Waals surface area contributed by atoms with Crippen LogP contribution in [-0.4, -0.2) is 33.4 Å². The maximum atomic E-state index is 11.2. The standard InChI is InChI=1S/C13H20N2O3S/c1-10-6-7-13(18-10)9-14-11-4-3-5-12(8-11)15-19(2,16)17/h3-5,8,10,13-15H,6-7,9H2,1-2H3. The first-order valence-electron chi connectivity index (χ1n) is 6.39. The van der Waals surface area contributed by atoms with Crippen molar-refractivity contribution in [3.05, 3.63) is 24.3 Å². The summed E-state index contributed by atoms with van der Waals surface area (Å²) in [4.78, 5) is 0. The van der Waals surface area contributed by atoms with Crippen LogP contribution >= 0.6 is 0 Å². The average molecular weight is 284 g/mol. The highest BCUT2D eigenvalue weighted by Gasteiger charge is 2.21. The molecule has 106 valence electrons. The van der Waals surface area contributed by atoms with E-state index in [4.69, 9.17) is 4.74 Å². The number of benzene rings is 1. The molecule has 0 amide bonds. The first-order chi connectivity index (χ1) is 8.92. The highest BCUT2D eigenvalue weighted by Crippen LogP contribution is 2.21. The van der Waals surface area contributed by atoms with Crippen LogP contribution in [0, 0.1) is 0 Å². The molecule has 2 rings (SSSR count). The molecule has 0 aromatic heterocycles. The third kappa shape index (κ3) is 4.72. The molecule has 0 saturated carbocycles. The second-order valence-electron chi connectivity index (χ2n) is 4.98. The molecule has 0 spiro atoms. The number of sulfonamides is 1. The Morgan fingerprint density at radius 2 is 2.05 bits per heavy atom. The molecular formula is C13H20N2O3S. The SMILES string of the molecule is CC1CCC(CNc2cccc(NS(C)(=O)=O)c2)O1. The molecule has 2 unspecified atom stereocenters. The van der Waals surface area contributed by atoms with Gasteiger partial charge >= 0.3 is 0 Å². The summed E-state index contributed by atoms with van der Waals surface area (Å²) in [6.07, 6.45) is 3.88. The highest BCUT2D eigenvalue weighted by molar-refractivity contribution is 7.92. The molecule has 1 heterocycles. The molecule has 1 aromatic rings. The van der Waals surface area contributed by atoms with Gasteiger partial charge in [0.2, 0.25) is 10.0 Å². The second kappa shape index (κ2) is 5.79. The lowest BCUT2D eigenvalue weighted by Crippen LogP contribution is -2.19. The number of rotatable bonds is 5. The van der Waals surface area contributed by atoms with Gasteiger partial charge in [-0.3, -0.25) is 4.72 Å². The van der Waals surface area contributed by atoms with Crippen LogP contribution in [0.5, 0.6) is 0 Å². The Bertz CT molecular complexity index is 530. The van der Waals surface area contributed by atoms with E-state index in [1.807, 2.05) is 12.1 Å². The summed E-state index contributed by atoms with van der Waals surface area (Å²) in [6, 6.07) is 7.22. The van der Waals surface area contributed by atoms with E-state index in [2.05, 4.69) is 17.0 Å². The quantitative estimate of drug-likeness (QED) is 0.868. The predicted molar refractivity (Wildman–Crippen MR) is 77.0 cm³/mol. The first kappa shape index (κ1) is 14.1. The zero-order valence-electron chi connectivity index (χ0n) is 11.2. The van der Waals surface area contributed by atoms with Crippen LogP contribution in [0.25, 0.3) is 0 Å². The molecule has 0 bridgehead atoms. The van der Waals surface area contributed by atoms with Gasteiger partial charge in [-0.15, -0.1) is 0 Å². The molecule has 1 aliphatic heterocycles. The Labute approximate surface area is 114 Å². The molecule has 2 atom stereocenters. The van der Waals surface area contributed by atoms with E-state index in [0.29, 0.717) is 11.8 Å². The number of hydrogen-bond acceptors (Lipinski definition) is 4. The first-order valence-corrected chi connectivity index (χ1v) is 8.29. The van der Waals surface area contributed by atoms with Gasteiger partial charge in [0, 0.05) is 12.2 Å². The number of nitrogens with one attached hydrogen (secondary N) is 2. The van der Waals surface area contributed by atoms with Gasteiger partial charge < -0.3 is 10.1 Å². The van der Waals surface area contributed by atoms with Crippen LogP contribution in [0.4, 0.5) is 11.4 Å². The summed E-state index contributed by atoms with van der Waals surface area (Å²) in [5.41, 5.74) is 1.45. The van der Waals surface area contributed by atoms with Crippen molar-refractivity contribution in [1.82, 2.24) is 0 Å². The van der Waals surface area contributed by atoms with Gasteiger partial charge in [-0.2, -0.15) is 0 Å². The Morgan fingerprint density at radius 3 is 2.68 bits per heavy atom. The Morgan fingerprint density at radius 1 is 1.32 bits per heavy atom. The van der Waals surface area contributed by atoms with Crippen molar-refractivity contribution in [1.29, 1.82) is 0 Å². The molecule has 0 aliphatic carbocycles. The minimum Gasteiger partial charge on any atom is -0.382 e. The lowest BCUT2D eigenvalue weighted by molar-refractivity contribution is 0.0637. The van der Waals surface area contributed by atoms with E-state index in [1.54, 1.807) is 12.1 Å². The van der Waals surface area contributed by atoms with Crippen molar-refractivity contribution in [3.63, 3.8) is 0 Å². The summed E-state index contributed by atoms with van der Waals surface area (Å²) >= 11 is 0.